The monoisotopic (exact) mass is 415 g/mol. The number of likely N-dealkylation sites (tertiary alicyclic amines) is 2. The molecule has 0 N–H and O–H groups in total. The third-order valence-corrected chi connectivity index (χ3v) is 6.72. The fourth-order valence-electron chi connectivity index (χ4n) is 4.98. The van der Waals surface area contributed by atoms with Gasteiger partial charge in [0, 0.05) is 50.2 Å². The van der Waals surface area contributed by atoms with Crippen LogP contribution in [0, 0.1) is 0 Å². The number of ether oxygens (including phenoxy) is 1. The minimum Gasteiger partial charge on any atom is -0.490 e. The molecule has 1 aromatic heterocycles. The van der Waals surface area contributed by atoms with E-state index in [9.17, 15) is 4.79 Å². The molecule has 160 valence electrons. The van der Waals surface area contributed by atoms with Gasteiger partial charge in [0.05, 0.1) is 0 Å². The lowest BCUT2D eigenvalue weighted by atomic mass is 9.97. The number of amides is 1. The summed E-state index contributed by atoms with van der Waals surface area (Å²) in [5, 5.41) is 2.17. The third-order valence-electron chi connectivity index (χ3n) is 6.72. The summed E-state index contributed by atoms with van der Waals surface area (Å²) in [6.07, 6.45) is 8.04. The Bertz CT molecular complexity index is 1020. The van der Waals surface area contributed by atoms with E-state index in [1.165, 1.54) is 0 Å². The van der Waals surface area contributed by atoms with Crippen LogP contribution in [0.5, 0.6) is 5.75 Å². The normalized spacial score (nSPS) is 18.9. The van der Waals surface area contributed by atoms with E-state index in [1.54, 1.807) is 12.4 Å². The van der Waals surface area contributed by atoms with Crippen molar-refractivity contribution < 1.29 is 9.53 Å². The summed E-state index contributed by atoms with van der Waals surface area (Å²) < 4.78 is 6.10. The van der Waals surface area contributed by atoms with Crippen LogP contribution in [-0.4, -0.2) is 59.0 Å². The molecular weight excluding hydrogens is 386 g/mol. The molecule has 5 rings (SSSR count). The van der Waals surface area contributed by atoms with Crippen LogP contribution in [0.2, 0.25) is 0 Å². The fraction of sp³-hybridized carbons (Fsp3) is 0.385. The first-order valence-electron chi connectivity index (χ1n) is 11.4. The van der Waals surface area contributed by atoms with Gasteiger partial charge in [0.2, 0.25) is 0 Å². The number of carbonyl (C=O) groups excluding carboxylic acids is 1. The fourth-order valence-corrected chi connectivity index (χ4v) is 4.98. The zero-order valence-electron chi connectivity index (χ0n) is 17.8. The smallest absolute Gasteiger partial charge is 0.254 e. The summed E-state index contributed by atoms with van der Waals surface area (Å²) in [5.41, 5.74) is 0.825. The number of hydrogen-bond acceptors (Lipinski definition) is 4. The number of nitrogens with zero attached hydrogens (tertiary/aromatic N) is 3. The lowest BCUT2D eigenvalue weighted by Crippen LogP contribution is -2.50. The molecule has 0 bridgehead atoms. The Hall–Kier alpha value is -2.92. The maximum Gasteiger partial charge on any atom is 0.254 e. The lowest BCUT2D eigenvalue weighted by molar-refractivity contribution is 0.0426. The van der Waals surface area contributed by atoms with E-state index in [1.807, 2.05) is 47.4 Å². The molecule has 0 radical (unpaired) electrons. The zero-order chi connectivity index (χ0) is 21.0. The van der Waals surface area contributed by atoms with Crippen molar-refractivity contribution in [3.05, 3.63) is 72.6 Å². The summed E-state index contributed by atoms with van der Waals surface area (Å²) >= 11 is 0. The summed E-state index contributed by atoms with van der Waals surface area (Å²) in [5.74, 6) is 1.08. The van der Waals surface area contributed by atoms with Crippen molar-refractivity contribution in [3.8, 4) is 5.75 Å². The third kappa shape index (κ3) is 4.42. The van der Waals surface area contributed by atoms with Crippen molar-refractivity contribution in [1.82, 2.24) is 14.8 Å². The van der Waals surface area contributed by atoms with Crippen LogP contribution in [0.3, 0.4) is 0 Å². The summed E-state index contributed by atoms with van der Waals surface area (Å²) in [4.78, 5) is 21.9. The molecule has 0 aliphatic carbocycles. The van der Waals surface area contributed by atoms with Gasteiger partial charge in [-0.3, -0.25) is 14.7 Å². The number of aromatic nitrogens is 1. The van der Waals surface area contributed by atoms with Crippen molar-refractivity contribution in [2.75, 3.05) is 26.2 Å². The Morgan fingerprint density at radius 3 is 2.32 bits per heavy atom. The molecule has 5 nitrogen and oxygen atoms in total. The number of pyridine rings is 1. The second kappa shape index (κ2) is 9.06. The molecule has 3 aromatic rings. The van der Waals surface area contributed by atoms with Crippen LogP contribution < -0.4 is 4.74 Å². The topological polar surface area (TPSA) is 45.7 Å². The molecule has 1 amide bonds. The maximum atomic E-state index is 13.2. The highest BCUT2D eigenvalue weighted by molar-refractivity contribution is 6.07. The van der Waals surface area contributed by atoms with Gasteiger partial charge in [-0.15, -0.1) is 0 Å². The molecule has 0 saturated carbocycles. The van der Waals surface area contributed by atoms with E-state index < -0.39 is 0 Å². The number of benzene rings is 2. The van der Waals surface area contributed by atoms with Gasteiger partial charge in [-0.05, 0) is 54.7 Å². The highest BCUT2D eigenvalue weighted by atomic mass is 16.5. The second-order valence-electron chi connectivity index (χ2n) is 8.59. The molecule has 5 heteroatoms. The van der Waals surface area contributed by atoms with Gasteiger partial charge in [-0.25, -0.2) is 0 Å². The quantitative estimate of drug-likeness (QED) is 0.634. The largest absolute Gasteiger partial charge is 0.490 e. The number of rotatable bonds is 4. The number of hydrogen-bond donors (Lipinski definition) is 0. The predicted molar refractivity (Wildman–Crippen MR) is 122 cm³/mol. The second-order valence-corrected chi connectivity index (χ2v) is 8.59. The summed E-state index contributed by atoms with van der Waals surface area (Å²) in [7, 11) is 0. The van der Waals surface area contributed by atoms with Gasteiger partial charge in [0.25, 0.3) is 5.91 Å². The van der Waals surface area contributed by atoms with E-state index in [-0.39, 0.29) is 12.0 Å². The number of fused-ring (bicyclic) bond motifs is 1. The first-order valence-corrected chi connectivity index (χ1v) is 11.4. The first kappa shape index (κ1) is 20.0. The molecule has 2 aliphatic rings. The van der Waals surface area contributed by atoms with Crippen LogP contribution in [-0.2, 0) is 0 Å². The molecule has 2 saturated heterocycles. The molecule has 2 aliphatic heterocycles. The first-order chi connectivity index (χ1) is 15.3. The molecule has 2 fully saturated rings. The van der Waals surface area contributed by atoms with Crippen molar-refractivity contribution in [2.24, 2.45) is 0 Å². The van der Waals surface area contributed by atoms with Gasteiger partial charge >= 0.3 is 0 Å². The Morgan fingerprint density at radius 2 is 1.55 bits per heavy atom. The molecule has 31 heavy (non-hydrogen) atoms. The standard InChI is InChI=1S/C26H29N3O2/c30-26(25-7-3-5-20-4-1-2-6-24(20)25)29-16-10-21(11-17-29)28-18-12-23(13-19-28)31-22-8-14-27-15-9-22/h1-9,14-15,21,23H,10-13,16-19H2. The van der Waals surface area contributed by atoms with Gasteiger partial charge in [-0.2, -0.15) is 0 Å². The van der Waals surface area contributed by atoms with Crippen LogP contribution in [0.25, 0.3) is 10.8 Å². The van der Waals surface area contributed by atoms with Crippen molar-refractivity contribution in [3.63, 3.8) is 0 Å². The van der Waals surface area contributed by atoms with E-state index in [4.69, 9.17) is 4.74 Å². The lowest BCUT2D eigenvalue weighted by Gasteiger charge is -2.41. The van der Waals surface area contributed by atoms with Gasteiger partial charge in [0.15, 0.2) is 0 Å². The van der Waals surface area contributed by atoms with Crippen LogP contribution >= 0.6 is 0 Å². The minimum atomic E-state index is 0.166. The zero-order valence-corrected chi connectivity index (χ0v) is 17.8. The molecule has 2 aromatic carbocycles. The van der Waals surface area contributed by atoms with Crippen molar-refractivity contribution in [2.45, 2.75) is 37.8 Å². The SMILES string of the molecule is O=C(c1cccc2ccccc12)N1CCC(N2CCC(Oc3ccncc3)CC2)CC1. The Kier molecular flexibility index (Phi) is 5.85. The molecular formula is C26H29N3O2. The summed E-state index contributed by atoms with van der Waals surface area (Å²) in [6, 6.07) is 18.6. The van der Waals surface area contributed by atoms with Crippen molar-refractivity contribution in [1.29, 1.82) is 0 Å². The van der Waals surface area contributed by atoms with Gasteiger partial charge < -0.3 is 9.64 Å². The molecule has 0 spiro atoms. The van der Waals surface area contributed by atoms with E-state index in [0.29, 0.717) is 6.04 Å². The Balaban J connectivity index is 1.14. The van der Waals surface area contributed by atoms with E-state index >= 15 is 0 Å². The van der Waals surface area contributed by atoms with Gasteiger partial charge in [0.1, 0.15) is 11.9 Å². The average Bonchev–Trinajstić information content (AvgIpc) is 2.84. The molecule has 3 heterocycles. The van der Waals surface area contributed by atoms with Crippen LogP contribution in [0.4, 0.5) is 0 Å². The van der Waals surface area contributed by atoms with Crippen LogP contribution in [0.1, 0.15) is 36.0 Å². The number of piperidine rings is 2. The Labute approximate surface area is 183 Å². The number of carbonyl (C=O) groups is 1. The highest BCUT2D eigenvalue weighted by Gasteiger charge is 2.30. The van der Waals surface area contributed by atoms with Gasteiger partial charge in [-0.1, -0.05) is 36.4 Å². The molecule has 0 unspecified atom stereocenters. The molecule has 0 atom stereocenters. The van der Waals surface area contributed by atoms with E-state index in [0.717, 1.165) is 73.9 Å². The highest BCUT2D eigenvalue weighted by Crippen LogP contribution is 2.26. The average molecular weight is 416 g/mol. The van der Waals surface area contributed by atoms with E-state index in [2.05, 4.69) is 22.0 Å². The predicted octanol–water partition coefficient (Wildman–Crippen LogP) is 4.38. The summed E-state index contributed by atoms with van der Waals surface area (Å²) in [6.45, 7) is 3.80. The van der Waals surface area contributed by atoms with Crippen LogP contribution in [0.15, 0.2) is 67.0 Å². The van der Waals surface area contributed by atoms with Crippen molar-refractivity contribution >= 4 is 16.7 Å². The Morgan fingerprint density at radius 1 is 0.839 bits per heavy atom. The minimum absolute atomic E-state index is 0.166. The maximum absolute atomic E-state index is 13.2.